The second kappa shape index (κ2) is 5.16. The van der Waals surface area contributed by atoms with Crippen LogP contribution < -0.4 is 9.26 Å². The fraction of sp³-hybridized carbons (Fsp3) is 0.333. The van der Waals surface area contributed by atoms with Gasteiger partial charge in [0.15, 0.2) is 0 Å². The monoisotopic (exact) mass is 232 g/mol. The standard InChI is InChI=1S/C9H13O5P/c1-2-7-13-8-3-5-9(6-4-8)14-15(10,11)12/h3-6H,2,7H2,1H3,(H2,10,11,12). The summed E-state index contributed by atoms with van der Waals surface area (Å²) in [5, 5.41) is 0. The van der Waals surface area contributed by atoms with Gasteiger partial charge in [0.25, 0.3) is 0 Å². The second-order valence-corrected chi connectivity index (χ2v) is 4.07. The Kier molecular flexibility index (Phi) is 4.15. The van der Waals surface area contributed by atoms with Gasteiger partial charge in [-0.2, -0.15) is 0 Å². The van der Waals surface area contributed by atoms with Crippen molar-refractivity contribution in [3.63, 3.8) is 0 Å². The molecule has 5 nitrogen and oxygen atoms in total. The van der Waals surface area contributed by atoms with Crippen LogP contribution in [0.1, 0.15) is 13.3 Å². The summed E-state index contributed by atoms with van der Waals surface area (Å²) in [5.74, 6) is 0.766. The number of ether oxygens (including phenoxy) is 1. The zero-order valence-corrected chi connectivity index (χ0v) is 9.18. The molecule has 0 bridgehead atoms. The summed E-state index contributed by atoms with van der Waals surface area (Å²) in [5.41, 5.74) is 0. The summed E-state index contributed by atoms with van der Waals surface area (Å²) in [4.78, 5) is 17.1. The van der Waals surface area contributed by atoms with Gasteiger partial charge < -0.3 is 9.26 Å². The third-order valence-electron chi connectivity index (χ3n) is 1.52. The van der Waals surface area contributed by atoms with Crippen LogP contribution in [0.4, 0.5) is 0 Å². The Balaban J connectivity index is 2.60. The van der Waals surface area contributed by atoms with E-state index in [-0.39, 0.29) is 5.75 Å². The van der Waals surface area contributed by atoms with E-state index in [2.05, 4.69) is 4.52 Å². The second-order valence-electron chi connectivity index (χ2n) is 2.90. The van der Waals surface area contributed by atoms with E-state index < -0.39 is 7.82 Å². The van der Waals surface area contributed by atoms with Crippen molar-refractivity contribution < 1.29 is 23.6 Å². The summed E-state index contributed by atoms with van der Waals surface area (Å²) >= 11 is 0. The molecule has 0 unspecified atom stereocenters. The van der Waals surface area contributed by atoms with E-state index in [0.717, 1.165) is 6.42 Å². The molecule has 84 valence electrons. The summed E-state index contributed by atoms with van der Waals surface area (Å²) in [6, 6.07) is 6.09. The number of benzene rings is 1. The average molecular weight is 232 g/mol. The molecule has 0 aromatic heterocycles. The first-order valence-corrected chi connectivity index (χ1v) is 6.02. The van der Waals surface area contributed by atoms with Crippen LogP contribution in [-0.4, -0.2) is 16.4 Å². The molecule has 2 N–H and O–H groups in total. The van der Waals surface area contributed by atoms with Gasteiger partial charge in [-0.15, -0.1) is 0 Å². The van der Waals surface area contributed by atoms with Gasteiger partial charge in [-0.3, -0.25) is 9.79 Å². The lowest BCUT2D eigenvalue weighted by Gasteiger charge is -2.08. The van der Waals surface area contributed by atoms with Gasteiger partial charge in [-0.25, -0.2) is 4.57 Å². The van der Waals surface area contributed by atoms with Crippen LogP contribution in [0, 0.1) is 0 Å². The number of phosphoric ester groups is 1. The van der Waals surface area contributed by atoms with Crippen molar-refractivity contribution in [3.8, 4) is 11.5 Å². The Morgan fingerprint density at radius 1 is 1.20 bits per heavy atom. The van der Waals surface area contributed by atoms with Gasteiger partial charge in [0.2, 0.25) is 0 Å². The van der Waals surface area contributed by atoms with Gasteiger partial charge in [0.1, 0.15) is 11.5 Å². The molecular formula is C9H13O5P. The van der Waals surface area contributed by atoms with Gasteiger partial charge in [0, 0.05) is 0 Å². The van der Waals surface area contributed by atoms with Crippen LogP contribution in [0.15, 0.2) is 24.3 Å². The Morgan fingerprint density at radius 2 is 1.73 bits per heavy atom. The third-order valence-corrected chi connectivity index (χ3v) is 1.97. The van der Waals surface area contributed by atoms with Gasteiger partial charge in [-0.05, 0) is 30.7 Å². The molecule has 0 atom stereocenters. The predicted octanol–water partition coefficient (Wildman–Crippen LogP) is 1.95. The van der Waals surface area contributed by atoms with Crippen LogP contribution in [0.25, 0.3) is 0 Å². The molecule has 0 aliphatic rings. The van der Waals surface area contributed by atoms with Crippen LogP contribution in [-0.2, 0) is 4.57 Å². The van der Waals surface area contributed by atoms with Crippen molar-refractivity contribution in [2.75, 3.05) is 6.61 Å². The van der Waals surface area contributed by atoms with Gasteiger partial charge in [0.05, 0.1) is 6.61 Å². The van der Waals surface area contributed by atoms with Crippen LogP contribution in [0.5, 0.6) is 11.5 Å². The highest BCUT2D eigenvalue weighted by Gasteiger charge is 2.15. The molecule has 15 heavy (non-hydrogen) atoms. The van der Waals surface area contributed by atoms with Gasteiger partial charge >= 0.3 is 7.82 Å². The Morgan fingerprint density at radius 3 is 2.20 bits per heavy atom. The normalized spacial score (nSPS) is 11.1. The highest BCUT2D eigenvalue weighted by atomic mass is 31.2. The number of hydrogen-bond acceptors (Lipinski definition) is 3. The first-order valence-electron chi connectivity index (χ1n) is 4.49. The van der Waals surface area contributed by atoms with E-state index in [0.29, 0.717) is 12.4 Å². The van der Waals surface area contributed by atoms with Crippen molar-refractivity contribution >= 4 is 7.82 Å². The highest BCUT2D eigenvalue weighted by Crippen LogP contribution is 2.37. The molecule has 0 aliphatic carbocycles. The Bertz CT molecular complexity index is 342. The van der Waals surface area contributed by atoms with E-state index in [1.807, 2.05) is 6.92 Å². The summed E-state index contributed by atoms with van der Waals surface area (Å²) in [7, 11) is -4.46. The zero-order valence-electron chi connectivity index (χ0n) is 8.29. The molecule has 0 heterocycles. The van der Waals surface area contributed by atoms with Crippen molar-refractivity contribution in [1.82, 2.24) is 0 Å². The van der Waals surface area contributed by atoms with Crippen molar-refractivity contribution in [1.29, 1.82) is 0 Å². The van der Waals surface area contributed by atoms with E-state index in [4.69, 9.17) is 14.5 Å². The van der Waals surface area contributed by atoms with Crippen molar-refractivity contribution in [2.24, 2.45) is 0 Å². The van der Waals surface area contributed by atoms with Crippen LogP contribution in [0.2, 0.25) is 0 Å². The molecule has 0 spiro atoms. The molecule has 0 fully saturated rings. The lowest BCUT2D eigenvalue weighted by atomic mass is 10.3. The summed E-state index contributed by atoms with van der Waals surface area (Å²) in [6.45, 7) is 2.60. The molecule has 1 aromatic rings. The number of rotatable bonds is 5. The lowest BCUT2D eigenvalue weighted by Crippen LogP contribution is -1.95. The summed E-state index contributed by atoms with van der Waals surface area (Å²) in [6.07, 6.45) is 0.904. The minimum Gasteiger partial charge on any atom is -0.494 e. The number of hydrogen-bond donors (Lipinski definition) is 2. The maximum absolute atomic E-state index is 10.5. The molecule has 1 rings (SSSR count). The molecule has 0 amide bonds. The first kappa shape index (κ1) is 12.0. The smallest absolute Gasteiger partial charge is 0.494 e. The lowest BCUT2D eigenvalue weighted by molar-refractivity contribution is 0.282. The van der Waals surface area contributed by atoms with Crippen molar-refractivity contribution in [3.05, 3.63) is 24.3 Å². The van der Waals surface area contributed by atoms with Crippen molar-refractivity contribution in [2.45, 2.75) is 13.3 Å². The molecule has 6 heteroatoms. The minimum atomic E-state index is -4.46. The van der Waals surface area contributed by atoms with E-state index in [1.54, 1.807) is 12.1 Å². The number of phosphoric acid groups is 1. The molecule has 0 radical (unpaired) electrons. The maximum atomic E-state index is 10.5. The first-order chi connectivity index (χ1) is 7.01. The Hall–Kier alpha value is -1.03. The largest absolute Gasteiger partial charge is 0.524 e. The van der Waals surface area contributed by atoms with E-state index in [9.17, 15) is 4.57 Å². The molecule has 1 aromatic carbocycles. The van der Waals surface area contributed by atoms with Crippen LogP contribution >= 0.6 is 7.82 Å². The van der Waals surface area contributed by atoms with Crippen LogP contribution in [0.3, 0.4) is 0 Å². The average Bonchev–Trinajstić information content (AvgIpc) is 2.14. The molecule has 0 saturated carbocycles. The highest BCUT2D eigenvalue weighted by molar-refractivity contribution is 7.46. The van der Waals surface area contributed by atoms with E-state index in [1.165, 1.54) is 12.1 Å². The Labute approximate surface area is 87.9 Å². The third kappa shape index (κ3) is 4.83. The molecular weight excluding hydrogens is 219 g/mol. The fourth-order valence-electron chi connectivity index (χ4n) is 0.954. The van der Waals surface area contributed by atoms with Gasteiger partial charge in [-0.1, -0.05) is 6.92 Å². The summed E-state index contributed by atoms with van der Waals surface area (Å²) < 4.78 is 20.2. The molecule has 0 saturated heterocycles. The topological polar surface area (TPSA) is 76.0 Å². The van der Waals surface area contributed by atoms with E-state index >= 15 is 0 Å². The molecule has 0 aliphatic heterocycles. The minimum absolute atomic E-state index is 0.118. The quantitative estimate of drug-likeness (QED) is 0.759. The maximum Gasteiger partial charge on any atom is 0.524 e. The SMILES string of the molecule is CCCOc1ccc(OP(=O)(O)O)cc1. The fourth-order valence-corrected chi connectivity index (χ4v) is 1.35. The zero-order chi connectivity index (χ0) is 11.3. The predicted molar refractivity (Wildman–Crippen MR) is 54.9 cm³/mol.